The Morgan fingerprint density at radius 3 is 2.73 bits per heavy atom. The number of piperidine rings is 1. The van der Waals surface area contributed by atoms with E-state index in [0.717, 1.165) is 34.0 Å². The van der Waals surface area contributed by atoms with E-state index in [1.807, 2.05) is 24.3 Å². The highest BCUT2D eigenvalue weighted by Crippen LogP contribution is 2.28. The first kappa shape index (κ1) is 20.6. The Labute approximate surface area is 181 Å². The SMILES string of the molecule is COc1ccc(/C=C/C(=O)Nc2nc3ccc(CN4CCC(C)CC4)cc3s2)cc1. The molecule has 0 unspecified atom stereocenters. The van der Waals surface area contributed by atoms with E-state index >= 15 is 0 Å². The molecule has 1 aliphatic heterocycles. The molecule has 0 saturated carbocycles. The summed E-state index contributed by atoms with van der Waals surface area (Å²) >= 11 is 1.52. The van der Waals surface area contributed by atoms with Crippen molar-refractivity contribution in [3.05, 3.63) is 59.7 Å². The molecule has 1 aliphatic rings. The maximum absolute atomic E-state index is 12.3. The molecule has 0 bridgehead atoms. The fourth-order valence-electron chi connectivity index (χ4n) is 3.63. The van der Waals surface area contributed by atoms with Gasteiger partial charge < -0.3 is 4.74 Å². The molecule has 5 nitrogen and oxygen atoms in total. The minimum atomic E-state index is -0.187. The molecule has 1 aromatic heterocycles. The lowest BCUT2D eigenvalue weighted by molar-refractivity contribution is -0.111. The van der Waals surface area contributed by atoms with E-state index in [0.29, 0.717) is 5.13 Å². The second kappa shape index (κ2) is 9.41. The van der Waals surface area contributed by atoms with E-state index in [4.69, 9.17) is 4.74 Å². The fourth-order valence-corrected chi connectivity index (χ4v) is 4.57. The van der Waals surface area contributed by atoms with Crippen molar-refractivity contribution in [3.63, 3.8) is 0 Å². The number of rotatable bonds is 6. The first-order valence-electron chi connectivity index (χ1n) is 10.3. The van der Waals surface area contributed by atoms with E-state index in [2.05, 4.69) is 40.3 Å². The molecule has 1 N–H and O–H groups in total. The van der Waals surface area contributed by atoms with Crippen LogP contribution in [0.25, 0.3) is 16.3 Å². The molecule has 30 heavy (non-hydrogen) atoms. The molecule has 1 saturated heterocycles. The third-order valence-electron chi connectivity index (χ3n) is 5.51. The lowest BCUT2D eigenvalue weighted by atomic mass is 9.99. The number of methoxy groups -OCH3 is 1. The normalized spacial score (nSPS) is 15.7. The first-order chi connectivity index (χ1) is 14.6. The summed E-state index contributed by atoms with van der Waals surface area (Å²) < 4.78 is 6.25. The monoisotopic (exact) mass is 421 g/mol. The van der Waals surface area contributed by atoms with Crippen molar-refractivity contribution in [2.75, 3.05) is 25.5 Å². The Balaban J connectivity index is 1.38. The average Bonchev–Trinajstić information content (AvgIpc) is 3.15. The largest absolute Gasteiger partial charge is 0.497 e. The van der Waals surface area contributed by atoms with Gasteiger partial charge in [0.25, 0.3) is 0 Å². The summed E-state index contributed by atoms with van der Waals surface area (Å²) in [5, 5.41) is 3.50. The second-order valence-electron chi connectivity index (χ2n) is 7.88. The second-order valence-corrected chi connectivity index (χ2v) is 8.91. The third kappa shape index (κ3) is 5.26. The molecule has 0 aliphatic carbocycles. The topological polar surface area (TPSA) is 54.5 Å². The number of carbonyl (C=O) groups is 1. The highest BCUT2D eigenvalue weighted by molar-refractivity contribution is 7.22. The zero-order chi connectivity index (χ0) is 20.9. The number of aromatic nitrogens is 1. The number of fused-ring (bicyclic) bond motifs is 1. The molecule has 4 rings (SSSR count). The van der Waals surface area contributed by atoms with E-state index < -0.39 is 0 Å². The maximum Gasteiger partial charge on any atom is 0.250 e. The number of amides is 1. The van der Waals surface area contributed by atoms with Crippen LogP contribution in [0.4, 0.5) is 5.13 Å². The minimum Gasteiger partial charge on any atom is -0.497 e. The summed E-state index contributed by atoms with van der Waals surface area (Å²) in [4.78, 5) is 19.4. The highest BCUT2D eigenvalue weighted by atomic mass is 32.1. The molecule has 2 heterocycles. The molecule has 2 aromatic carbocycles. The summed E-state index contributed by atoms with van der Waals surface area (Å²) in [6, 6.07) is 14.0. The lowest BCUT2D eigenvalue weighted by Crippen LogP contribution is -2.32. The van der Waals surface area contributed by atoms with Gasteiger partial charge in [-0.3, -0.25) is 15.0 Å². The molecule has 156 valence electrons. The summed E-state index contributed by atoms with van der Waals surface area (Å²) in [5.41, 5.74) is 3.16. The molecule has 3 aromatic rings. The fraction of sp³-hybridized carbons (Fsp3) is 0.333. The summed E-state index contributed by atoms with van der Waals surface area (Å²) in [6.45, 7) is 5.66. The summed E-state index contributed by atoms with van der Waals surface area (Å²) in [5.74, 6) is 1.45. The number of nitrogens with one attached hydrogen (secondary N) is 1. The van der Waals surface area contributed by atoms with Gasteiger partial charge >= 0.3 is 0 Å². The molecule has 0 spiro atoms. The van der Waals surface area contributed by atoms with E-state index in [9.17, 15) is 4.79 Å². The quantitative estimate of drug-likeness (QED) is 0.557. The van der Waals surface area contributed by atoms with Crippen LogP contribution in [0.15, 0.2) is 48.5 Å². The van der Waals surface area contributed by atoms with E-state index in [1.54, 1.807) is 13.2 Å². The van der Waals surface area contributed by atoms with Gasteiger partial charge in [0.2, 0.25) is 5.91 Å². The number of anilines is 1. The van der Waals surface area contributed by atoms with Crippen molar-refractivity contribution in [3.8, 4) is 5.75 Å². The zero-order valence-corrected chi connectivity index (χ0v) is 18.2. The lowest BCUT2D eigenvalue weighted by Gasteiger charge is -2.30. The molecule has 6 heteroatoms. The smallest absolute Gasteiger partial charge is 0.250 e. The molecular weight excluding hydrogens is 394 g/mol. The van der Waals surface area contributed by atoms with Gasteiger partial charge in [0.05, 0.1) is 17.3 Å². The average molecular weight is 422 g/mol. The van der Waals surface area contributed by atoms with Gasteiger partial charge in [0.1, 0.15) is 5.75 Å². The van der Waals surface area contributed by atoms with Gasteiger partial charge in [-0.1, -0.05) is 36.5 Å². The van der Waals surface area contributed by atoms with Crippen molar-refractivity contribution in [1.29, 1.82) is 0 Å². The van der Waals surface area contributed by atoms with Crippen molar-refractivity contribution < 1.29 is 9.53 Å². The van der Waals surface area contributed by atoms with Crippen LogP contribution in [0.1, 0.15) is 30.9 Å². The van der Waals surface area contributed by atoms with Crippen LogP contribution in [0.5, 0.6) is 5.75 Å². The zero-order valence-electron chi connectivity index (χ0n) is 17.4. The van der Waals surface area contributed by atoms with Crippen LogP contribution in [-0.4, -0.2) is 36.0 Å². The number of nitrogens with zero attached hydrogens (tertiary/aromatic N) is 2. The predicted molar refractivity (Wildman–Crippen MR) is 124 cm³/mol. The third-order valence-corrected chi connectivity index (χ3v) is 6.44. The van der Waals surface area contributed by atoms with E-state index in [1.165, 1.54) is 48.9 Å². The summed E-state index contributed by atoms with van der Waals surface area (Å²) in [6.07, 6.45) is 5.86. The van der Waals surface area contributed by atoms with Crippen molar-refractivity contribution in [2.24, 2.45) is 5.92 Å². The van der Waals surface area contributed by atoms with Gasteiger partial charge in [-0.15, -0.1) is 0 Å². The standard InChI is InChI=1S/C24H27N3O2S/c1-17-11-13-27(14-12-17)16-19-5-9-21-22(15-19)30-24(25-21)26-23(28)10-6-18-3-7-20(29-2)8-4-18/h3-10,15,17H,11-14,16H2,1-2H3,(H,25,26,28)/b10-6+. The number of carbonyl (C=O) groups excluding carboxylic acids is 1. The molecule has 1 amide bonds. The Bertz CT molecular complexity index is 1030. The Kier molecular flexibility index (Phi) is 6.45. The van der Waals surface area contributed by atoms with Crippen LogP contribution in [0.2, 0.25) is 0 Å². The number of likely N-dealkylation sites (tertiary alicyclic amines) is 1. The van der Waals surface area contributed by atoms with Crippen LogP contribution >= 0.6 is 11.3 Å². The van der Waals surface area contributed by atoms with Crippen molar-refractivity contribution >= 4 is 38.7 Å². The van der Waals surface area contributed by atoms with Crippen LogP contribution in [0, 0.1) is 5.92 Å². The molecule has 1 fully saturated rings. The maximum atomic E-state index is 12.3. The summed E-state index contributed by atoms with van der Waals surface area (Å²) in [7, 11) is 1.63. The minimum absolute atomic E-state index is 0.187. The van der Waals surface area contributed by atoms with Crippen LogP contribution < -0.4 is 10.1 Å². The number of thiazole rings is 1. The van der Waals surface area contributed by atoms with Gasteiger partial charge in [-0.25, -0.2) is 4.98 Å². The molecular formula is C24H27N3O2S. The van der Waals surface area contributed by atoms with Crippen molar-refractivity contribution in [1.82, 2.24) is 9.88 Å². The van der Waals surface area contributed by atoms with E-state index in [-0.39, 0.29) is 5.91 Å². The predicted octanol–water partition coefficient (Wildman–Crippen LogP) is 5.19. The number of hydrogen-bond acceptors (Lipinski definition) is 5. The molecule has 0 radical (unpaired) electrons. The number of ether oxygens (including phenoxy) is 1. The molecule has 0 atom stereocenters. The van der Waals surface area contributed by atoms with Gasteiger partial charge in [0, 0.05) is 12.6 Å². The van der Waals surface area contributed by atoms with Gasteiger partial charge in [0.15, 0.2) is 5.13 Å². The van der Waals surface area contributed by atoms with Crippen LogP contribution in [-0.2, 0) is 11.3 Å². The van der Waals surface area contributed by atoms with Crippen molar-refractivity contribution in [2.45, 2.75) is 26.3 Å². The van der Waals surface area contributed by atoms with Gasteiger partial charge in [-0.05, 0) is 73.3 Å². The Morgan fingerprint density at radius 1 is 1.23 bits per heavy atom. The number of hydrogen-bond donors (Lipinski definition) is 1. The Morgan fingerprint density at radius 2 is 2.00 bits per heavy atom. The van der Waals surface area contributed by atoms with Gasteiger partial charge in [-0.2, -0.15) is 0 Å². The first-order valence-corrected chi connectivity index (χ1v) is 11.2. The Hall–Kier alpha value is -2.70. The highest BCUT2D eigenvalue weighted by Gasteiger charge is 2.16. The van der Waals surface area contributed by atoms with Crippen LogP contribution in [0.3, 0.4) is 0 Å². The number of benzene rings is 2.